The third-order valence-corrected chi connectivity index (χ3v) is 5.86. The molecule has 1 aliphatic carbocycles. The van der Waals surface area contributed by atoms with Crippen LogP contribution in [0.25, 0.3) is 0 Å². The highest BCUT2D eigenvalue weighted by Gasteiger charge is 2.22. The molecule has 3 rings (SSSR count). The van der Waals surface area contributed by atoms with Crippen molar-refractivity contribution in [2.75, 3.05) is 51.2 Å². The molecule has 0 bridgehead atoms. The summed E-state index contributed by atoms with van der Waals surface area (Å²) in [4.78, 5) is 15.2. The fourth-order valence-corrected chi connectivity index (χ4v) is 4.23. The molecule has 5 heteroatoms. The van der Waals surface area contributed by atoms with Gasteiger partial charge in [0, 0.05) is 5.69 Å². The molecule has 138 valence electrons. The van der Waals surface area contributed by atoms with Gasteiger partial charge in [-0.3, -0.25) is 4.79 Å². The molecule has 0 unspecified atom stereocenters. The molecule has 0 aromatic heterocycles. The van der Waals surface area contributed by atoms with E-state index in [-0.39, 0.29) is 12.5 Å². The van der Waals surface area contributed by atoms with Gasteiger partial charge >= 0.3 is 0 Å². The lowest BCUT2D eigenvalue weighted by Crippen LogP contribution is -3.28. The van der Waals surface area contributed by atoms with Gasteiger partial charge in [0.15, 0.2) is 0 Å². The van der Waals surface area contributed by atoms with Crippen molar-refractivity contribution in [2.45, 2.75) is 38.0 Å². The number of rotatable bonds is 7. The van der Waals surface area contributed by atoms with Crippen molar-refractivity contribution in [3.8, 4) is 0 Å². The lowest BCUT2D eigenvalue weighted by molar-refractivity contribution is -1.01. The maximum absolute atomic E-state index is 12.2. The number of aliphatic hydroxyl groups is 1. The number of hydrogen-bond donors (Lipinski definition) is 4. The standard InChI is InChI=1S/C20H31N3O2/c24-16-15-23-13-11-22(12-14-23)10-9-20(25)21-19-7-5-18(6-8-19)17-3-1-2-4-17/h5-8,17,24H,1-4,9-16H2,(H,21,25)/p+2. The van der Waals surface area contributed by atoms with E-state index in [2.05, 4.69) is 29.6 Å². The number of carbonyl (C=O) groups is 1. The second-order valence-corrected chi connectivity index (χ2v) is 7.63. The van der Waals surface area contributed by atoms with E-state index in [4.69, 9.17) is 5.11 Å². The van der Waals surface area contributed by atoms with E-state index < -0.39 is 0 Å². The van der Waals surface area contributed by atoms with Gasteiger partial charge in [-0.05, 0) is 36.5 Å². The Morgan fingerprint density at radius 2 is 1.60 bits per heavy atom. The Hall–Kier alpha value is -1.43. The Morgan fingerprint density at radius 3 is 2.20 bits per heavy atom. The summed E-state index contributed by atoms with van der Waals surface area (Å²) in [6, 6.07) is 8.46. The molecule has 0 spiro atoms. The van der Waals surface area contributed by atoms with Crippen molar-refractivity contribution >= 4 is 11.6 Å². The summed E-state index contributed by atoms with van der Waals surface area (Å²) in [7, 11) is 0. The largest absolute Gasteiger partial charge is 0.391 e. The molecule has 2 aliphatic rings. The van der Waals surface area contributed by atoms with Crippen LogP contribution in [0.3, 0.4) is 0 Å². The smallest absolute Gasteiger partial charge is 0.230 e. The van der Waals surface area contributed by atoms with Gasteiger partial charge in [0.05, 0.1) is 19.6 Å². The van der Waals surface area contributed by atoms with Crippen LogP contribution in [-0.4, -0.2) is 56.9 Å². The number of nitrogens with one attached hydrogen (secondary N) is 3. The van der Waals surface area contributed by atoms with Crippen LogP contribution >= 0.6 is 0 Å². The molecule has 25 heavy (non-hydrogen) atoms. The predicted octanol–water partition coefficient (Wildman–Crippen LogP) is -0.551. The first-order chi connectivity index (χ1) is 12.2. The zero-order valence-corrected chi connectivity index (χ0v) is 15.2. The first-order valence-corrected chi connectivity index (χ1v) is 9.92. The van der Waals surface area contributed by atoms with Crippen LogP contribution in [0.1, 0.15) is 43.6 Å². The summed E-state index contributed by atoms with van der Waals surface area (Å²) in [6.45, 7) is 6.41. The number of carbonyl (C=O) groups excluding carboxylic acids is 1. The number of anilines is 1. The maximum atomic E-state index is 12.2. The van der Waals surface area contributed by atoms with E-state index in [1.807, 2.05) is 0 Å². The fraction of sp³-hybridized carbons (Fsp3) is 0.650. The minimum Gasteiger partial charge on any atom is -0.391 e. The van der Waals surface area contributed by atoms with Gasteiger partial charge in [0.25, 0.3) is 0 Å². The first-order valence-electron chi connectivity index (χ1n) is 9.92. The molecule has 1 aromatic carbocycles. The van der Waals surface area contributed by atoms with Crippen LogP contribution in [0.2, 0.25) is 0 Å². The number of hydrogen-bond acceptors (Lipinski definition) is 2. The van der Waals surface area contributed by atoms with Crippen molar-refractivity contribution in [1.82, 2.24) is 0 Å². The van der Waals surface area contributed by atoms with Crippen LogP contribution in [-0.2, 0) is 4.79 Å². The quantitative estimate of drug-likeness (QED) is 0.535. The maximum Gasteiger partial charge on any atom is 0.230 e. The molecule has 1 amide bonds. The minimum atomic E-state index is 0.117. The zero-order chi connectivity index (χ0) is 17.5. The van der Waals surface area contributed by atoms with Crippen LogP contribution in [0, 0.1) is 0 Å². The van der Waals surface area contributed by atoms with Gasteiger partial charge in [-0.1, -0.05) is 25.0 Å². The minimum absolute atomic E-state index is 0.117. The average molecular weight is 348 g/mol. The molecule has 1 aliphatic heterocycles. The molecule has 2 fully saturated rings. The molecule has 1 saturated carbocycles. The highest BCUT2D eigenvalue weighted by atomic mass is 16.3. The Labute approximate surface area is 151 Å². The molecule has 0 radical (unpaired) electrons. The Kier molecular flexibility index (Phi) is 6.84. The van der Waals surface area contributed by atoms with Gasteiger partial charge in [0.1, 0.15) is 32.7 Å². The lowest BCUT2D eigenvalue weighted by Gasteiger charge is -2.29. The van der Waals surface area contributed by atoms with E-state index in [1.54, 1.807) is 0 Å². The molecule has 1 heterocycles. The van der Waals surface area contributed by atoms with E-state index in [9.17, 15) is 4.79 Å². The van der Waals surface area contributed by atoms with Crippen molar-refractivity contribution < 1.29 is 19.7 Å². The predicted molar refractivity (Wildman–Crippen MR) is 99.1 cm³/mol. The monoisotopic (exact) mass is 347 g/mol. The summed E-state index contributed by atoms with van der Waals surface area (Å²) in [5, 5.41) is 12.0. The SMILES string of the molecule is O=C(CC[NH+]1CC[NH+](CCO)CC1)Nc1ccc(C2CCCC2)cc1. The van der Waals surface area contributed by atoms with E-state index in [0.717, 1.165) is 50.9 Å². The molecular formula is C20H33N3O2+2. The number of piperazine rings is 1. The summed E-state index contributed by atoms with van der Waals surface area (Å²) in [6.07, 6.45) is 5.89. The molecule has 1 aromatic rings. The first kappa shape index (κ1) is 18.4. The average Bonchev–Trinajstić information content (AvgIpc) is 3.17. The number of quaternary nitrogens is 2. The number of benzene rings is 1. The van der Waals surface area contributed by atoms with Gasteiger partial charge < -0.3 is 20.2 Å². The van der Waals surface area contributed by atoms with Gasteiger partial charge in [-0.15, -0.1) is 0 Å². The van der Waals surface area contributed by atoms with Gasteiger partial charge in [-0.2, -0.15) is 0 Å². The Balaban J connectivity index is 1.37. The van der Waals surface area contributed by atoms with Crippen LogP contribution in [0.5, 0.6) is 0 Å². The number of amides is 1. The highest BCUT2D eigenvalue weighted by Crippen LogP contribution is 2.34. The Morgan fingerprint density at radius 1 is 1.00 bits per heavy atom. The molecular weight excluding hydrogens is 314 g/mol. The van der Waals surface area contributed by atoms with E-state index in [1.165, 1.54) is 41.0 Å². The second-order valence-electron chi connectivity index (χ2n) is 7.63. The van der Waals surface area contributed by atoms with E-state index >= 15 is 0 Å². The lowest BCUT2D eigenvalue weighted by atomic mass is 9.97. The summed E-state index contributed by atoms with van der Waals surface area (Å²) in [5.41, 5.74) is 2.34. The van der Waals surface area contributed by atoms with Crippen molar-refractivity contribution in [1.29, 1.82) is 0 Å². The van der Waals surface area contributed by atoms with Crippen LogP contribution in [0.4, 0.5) is 5.69 Å². The van der Waals surface area contributed by atoms with Crippen LogP contribution in [0.15, 0.2) is 24.3 Å². The Bertz CT molecular complexity index is 532. The van der Waals surface area contributed by atoms with Gasteiger partial charge in [0.2, 0.25) is 5.91 Å². The molecule has 1 saturated heterocycles. The van der Waals surface area contributed by atoms with Crippen molar-refractivity contribution in [3.63, 3.8) is 0 Å². The zero-order valence-electron chi connectivity index (χ0n) is 15.2. The highest BCUT2D eigenvalue weighted by molar-refractivity contribution is 5.90. The molecule has 4 N–H and O–H groups in total. The molecule has 5 nitrogen and oxygen atoms in total. The summed E-state index contributed by atoms with van der Waals surface area (Å²) in [5.74, 6) is 0.839. The summed E-state index contributed by atoms with van der Waals surface area (Å²) >= 11 is 0. The fourth-order valence-electron chi connectivity index (χ4n) is 4.23. The van der Waals surface area contributed by atoms with Crippen LogP contribution < -0.4 is 15.1 Å². The normalized spacial score (nSPS) is 24.4. The summed E-state index contributed by atoms with van der Waals surface area (Å²) < 4.78 is 0. The van der Waals surface area contributed by atoms with Crippen molar-refractivity contribution in [3.05, 3.63) is 29.8 Å². The van der Waals surface area contributed by atoms with Gasteiger partial charge in [-0.25, -0.2) is 0 Å². The third kappa shape index (κ3) is 5.53. The third-order valence-electron chi connectivity index (χ3n) is 5.86. The second kappa shape index (κ2) is 9.32. The topological polar surface area (TPSA) is 58.2 Å². The molecule has 0 atom stereocenters. The van der Waals surface area contributed by atoms with Crippen molar-refractivity contribution in [2.24, 2.45) is 0 Å². The van der Waals surface area contributed by atoms with E-state index in [0.29, 0.717) is 6.42 Å². The number of aliphatic hydroxyl groups excluding tert-OH is 1.